The Labute approximate surface area is 176 Å². The van der Waals surface area contributed by atoms with Crippen LogP contribution in [0.2, 0.25) is 0 Å². The molecular formula is C20H21N3O2S3. The number of carbonyl (C=O) groups excluding carboxylic acids is 2. The summed E-state index contributed by atoms with van der Waals surface area (Å²) >= 11 is 4.53. The number of nitrogens with zero attached hydrogens (tertiary/aromatic N) is 3. The smallest absolute Gasteiger partial charge is 0.234 e. The van der Waals surface area contributed by atoms with Crippen LogP contribution in [0.15, 0.2) is 45.1 Å². The van der Waals surface area contributed by atoms with Crippen molar-refractivity contribution in [2.45, 2.75) is 43.4 Å². The molecule has 1 aliphatic heterocycles. The lowest BCUT2D eigenvalue weighted by molar-refractivity contribution is -0.121. The van der Waals surface area contributed by atoms with Crippen molar-refractivity contribution in [2.24, 2.45) is 5.41 Å². The highest BCUT2D eigenvalue weighted by molar-refractivity contribution is 8.01. The fourth-order valence-electron chi connectivity index (χ4n) is 3.88. The molecule has 0 N–H and O–H groups in total. The highest BCUT2D eigenvalue weighted by atomic mass is 32.2. The topological polar surface area (TPSA) is 63.2 Å². The lowest BCUT2D eigenvalue weighted by Crippen LogP contribution is -2.43. The van der Waals surface area contributed by atoms with Crippen LogP contribution < -0.4 is 4.90 Å². The lowest BCUT2D eigenvalue weighted by Gasteiger charge is -2.41. The number of Topliss-reactive ketones (excluding diaryl/α,β-unsaturated/α-hetero) is 1. The van der Waals surface area contributed by atoms with E-state index < -0.39 is 0 Å². The first-order valence-corrected chi connectivity index (χ1v) is 11.8. The minimum Gasteiger partial charge on any atom is -0.294 e. The van der Waals surface area contributed by atoms with Crippen molar-refractivity contribution in [2.75, 3.05) is 10.7 Å². The van der Waals surface area contributed by atoms with Crippen LogP contribution in [-0.4, -0.2) is 27.6 Å². The van der Waals surface area contributed by atoms with Crippen LogP contribution in [0.3, 0.4) is 0 Å². The number of hydrogen-bond acceptors (Lipinski definition) is 7. The fraction of sp³-hybridized carbons (Fsp3) is 0.400. The van der Waals surface area contributed by atoms with E-state index in [0.717, 1.165) is 26.9 Å². The number of carbonyl (C=O) groups is 2. The van der Waals surface area contributed by atoms with Crippen molar-refractivity contribution in [3.8, 4) is 0 Å². The third-order valence-corrected chi connectivity index (χ3v) is 7.74. The van der Waals surface area contributed by atoms with Crippen LogP contribution in [0.4, 0.5) is 5.13 Å². The van der Waals surface area contributed by atoms with Gasteiger partial charge in [-0.1, -0.05) is 43.0 Å². The van der Waals surface area contributed by atoms with E-state index in [9.17, 15) is 9.59 Å². The van der Waals surface area contributed by atoms with E-state index in [0.29, 0.717) is 18.0 Å². The molecule has 0 aromatic carbocycles. The number of rotatable bonds is 5. The maximum Gasteiger partial charge on any atom is 0.234 e. The van der Waals surface area contributed by atoms with Crippen molar-refractivity contribution >= 4 is 51.3 Å². The number of thiophene rings is 1. The Balaban J connectivity index is 1.80. The predicted octanol–water partition coefficient (Wildman–Crippen LogP) is 5.04. The van der Waals surface area contributed by atoms with E-state index in [1.54, 1.807) is 28.0 Å². The van der Waals surface area contributed by atoms with Crippen molar-refractivity contribution in [1.29, 1.82) is 0 Å². The van der Waals surface area contributed by atoms with Crippen LogP contribution in [0.5, 0.6) is 0 Å². The molecule has 0 radical (unpaired) electrons. The molecule has 0 bridgehead atoms. The van der Waals surface area contributed by atoms with E-state index in [2.05, 4.69) is 30.6 Å². The number of amides is 1. The molecule has 0 unspecified atom stereocenters. The number of aromatic nitrogens is 2. The van der Waals surface area contributed by atoms with Gasteiger partial charge >= 0.3 is 0 Å². The number of anilines is 1. The minimum absolute atomic E-state index is 0.0168. The Morgan fingerprint density at radius 2 is 2.18 bits per heavy atom. The highest BCUT2D eigenvalue weighted by Crippen LogP contribution is 2.49. The summed E-state index contributed by atoms with van der Waals surface area (Å²) in [5.41, 5.74) is 2.46. The molecular weight excluding hydrogens is 410 g/mol. The molecule has 4 rings (SSSR count). The second-order valence-electron chi connectivity index (χ2n) is 7.79. The molecule has 0 fully saturated rings. The van der Waals surface area contributed by atoms with Gasteiger partial charge in [0.2, 0.25) is 11.0 Å². The molecule has 3 heterocycles. The largest absolute Gasteiger partial charge is 0.294 e. The van der Waals surface area contributed by atoms with Crippen molar-refractivity contribution in [3.05, 3.63) is 46.3 Å². The monoisotopic (exact) mass is 431 g/mol. The molecule has 5 nitrogen and oxygen atoms in total. The summed E-state index contributed by atoms with van der Waals surface area (Å²) in [5.74, 6) is 0.709. The average molecular weight is 432 g/mol. The van der Waals surface area contributed by atoms with Crippen LogP contribution in [0.25, 0.3) is 0 Å². The van der Waals surface area contributed by atoms with Crippen LogP contribution in [0.1, 0.15) is 44.6 Å². The molecule has 1 aliphatic carbocycles. The van der Waals surface area contributed by atoms with Gasteiger partial charge in [-0.2, -0.15) is 11.3 Å². The second kappa shape index (κ2) is 7.57. The van der Waals surface area contributed by atoms with Gasteiger partial charge in [0.25, 0.3) is 0 Å². The molecule has 1 amide bonds. The first-order chi connectivity index (χ1) is 13.4. The highest BCUT2D eigenvalue weighted by Gasteiger charge is 2.45. The van der Waals surface area contributed by atoms with E-state index in [4.69, 9.17) is 0 Å². The predicted molar refractivity (Wildman–Crippen MR) is 115 cm³/mol. The minimum atomic E-state index is -0.184. The Morgan fingerprint density at radius 3 is 2.89 bits per heavy atom. The molecule has 1 atom stereocenters. The van der Waals surface area contributed by atoms with Gasteiger partial charge in [0.05, 0.1) is 0 Å². The summed E-state index contributed by atoms with van der Waals surface area (Å²) in [6.45, 7) is 7.88. The van der Waals surface area contributed by atoms with Crippen LogP contribution in [0, 0.1) is 5.41 Å². The zero-order valence-electron chi connectivity index (χ0n) is 15.8. The maximum absolute atomic E-state index is 13.2. The second-order valence-corrected chi connectivity index (χ2v) is 10.8. The number of allylic oxidation sites excluding steroid dienone is 2. The van der Waals surface area contributed by atoms with E-state index in [1.807, 2.05) is 22.9 Å². The van der Waals surface area contributed by atoms with Gasteiger partial charge in [-0.3, -0.25) is 14.5 Å². The zero-order chi connectivity index (χ0) is 19.9. The van der Waals surface area contributed by atoms with Gasteiger partial charge in [-0.05, 0) is 34.2 Å². The Kier molecular flexibility index (Phi) is 5.28. The fourth-order valence-corrected chi connectivity index (χ4v) is 6.24. The first-order valence-electron chi connectivity index (χ1n) is 9.08. The van der Waals surface area contributed by atoms with Gasteiger partial charge in [-0.15, -0.1) is 16.8 Å². The molecule has 0 saturated carbocycles. The number of hydrogen-bond donors (Lipinski definition) is 0. The summed E-state index contributed by atoms with van der Waals surface area (Å²) in [5, 5.41) is 13.1. The van der Waals surface area contributed by atoms with Crippen LogP contribution >= 0.6 is 34.4 Å². The third kappa shape index (κ3) is 3.60. The number of ketones is 1. The van der Waals surface area contributed by atoms with Crippen molar-refractivity contribution in [1.82, 2.24) is 10.2 Å². The molecule has 8 heteroatoms. The third-order valence-electron chi connectivity index (χ3n) is 5.00. The first kappa shape index (κ1) is 19.5. The van der Waals surface area contributed by atoms with Gasteiger partial charge in [0, 0.05) is 35.8 Å². The number of thioether (sulfide) groups is 1. The molecule has 0 saturated heterocycles. The summed E-state index contributed by atoms with van der Waals surface area (Å²) in [7, 11) is 0. The van der Waals surface area contributed by atoms with Gasteiger partial charge in [0.15, 0.2) is 10.1 Å². The van der Waals surface area contributed by atoms with Crippen molar-refractivity contribution in [3.63, 3.8) is 0 Å². The molecule has 28 heavy (non-hydrogen) atoms. The summed E-state index contributed by atoms with van der Waals surface area (Å²) < 4.78 is 0.797. The Bertz CT molecular complexity index is 959. The quantitative estimate of drug-likeness (QED) is 0.377. The summed E-state index contributed by atoms with van der Waals surface area (Å²) in [4.78, 5) is 28.0. The normalized spacial score (nSPS) is 21.8. The lowest BCUT2D eigenvalue weighted by atomic mass is 9.69. The summed E-state index contributed by atoms with van der Waals surface area (Å²) in [6, 6.07) is 2.02. The van der Waals surface area contributed by atoms with E-state index in [1.165, 1.54) is 11.3 Å². The van der Waals surface area contributed by atoms with Crippen LogP contribution in [-0.2, 0) is 9.59 Å². The van der Waals surface area contributed by atoms with Gasteiger partial charge in [0.1, 0.15) is 0 Å². The molecule has 2 aliphatic rings. The Hall–Kier alpha value is -1.77. The Morgan fingerprint density at radius 1 is 1.36 bits per heavy atom. The zero-order valence-corrected chi connectivity index (χ0v) is 18.3. The standard InChI is InChI=1S/C20H21N3O2S3/c1-4-6-27-19-22-21-18(28-19)23-14-9-20(2,3)10-15(24)17(14)13(8-16(23)25)12-5-7-26-11-12/h4-5,7,11,13H,1,6,8-10H2,2-3H3/t13-/m1/s1. The molecule has 0 spiro atoms. The molecule has 146 valence electrons. The SMILES string of the molecule is C=CCSc1nnc(N2C(=O)C[C@H](c3ccsc3)C3=C2CC(C)(C)CC3=O)s1. The molecule has 2 aromatic heterocycles. The molecule has 2 aromatic rings. The van der Waals surface area contributed by atoms with E-state index >= 15 is 0 Å². The maximum atomic E-state index is 13.2. The van der Waals surface area contributed by atoms with Crippen molar-refractivity contribution < 1.29 is 9.59 Å². The van der Waals surface area contributed by atoms with E-state index in [-0.39, 0.29) is 29.4 Å². The average Bonchev–Trinajstić information content (AvgIpc) is 3.30. The van der Waals surface area contributed by atoms with Gasteiger partial charge < -0.3 is 0 Å². The van der Waals surface area contributed by atoms with Gasteiger partial charge in [-0.25, -0.2) is 0 Å². The summed E-state index contributed by atoms with van der Waals surface area (Å²) in [6.07, 6.45) is 3.28.